The fourth-order valence-corrected chi connectivity index (χ4v) is 1.66. The molecule has 0 bridgehead atoms. The molecule has 0 fully saturated rings. The number of rotatable bonds is 4. The van der Waals surface area contributed by atoms with E-state index in [-0.39, 0.29) is 5.91 Å². The van der Waals surface area contributed by atoms with Crippen LogP contribution in [0, 0.1) is 6.92 Å². The molecule has 0 aliphatic heterocycles. The van der Waals surface area contributed by atoms with Crippen LogP contribution in [0.1, 0.15) is 22.8 Å². The number of hydrogen-bond donors (Lipinski definition) is 2. The highest BCUT2D eigenvalue weighted by molar-refractivity contribution is 5.94. The second kappa shape index (κ2) is 6.00. The van der Waals surface area contributed by atoms with Crippen molar-refractivity contribution in [1.29, 1.82) is 0 Å². The maximum Gasteiger partial charge on any atom is 0.270 e. The minimum absolute atomic E-state index is 0.149. The number of anilines is 1. The van der Waals surface area contributed by atoms with Crippen LogP contribution in [0.2, 0.25) is 0 Å². The van der Waals surface area contributed by atoms with E-state index in [9.17, 15) is 4.79 Å². The van der Waals surface area contributed by atoms with Gasteiger partial charge in [-0.15, -0.1) is 0 Å². The summed E-state index contributed by atoms with van der Waals surface area (Å²) < 4.78 is 2.00. The Labute approximate surface area is 113 Å². The monoisotopic (exact) mass is 256 g/mol. The highest BCUT2D eigenvalue weighted by atomic mass is 16.2. The first-order valence-electron chi connectivity index (χ1n) is 6.31. The van der Waals surface area contributed by atoms with Gasteiger partial charge >= 0.3 is 0 Å². The SMILES string of the molecule is CC[n+]1ccc(C(=O)NNc2ccc(C)cc2)cc1. The average molecular weight is 256 g/mol. The van der Waals surface area contributed by atoms with E-state index in [0.717, 1.165) is 12.2 Å². The van der Waals surface area contributed by atoms with Crippen molar-refractivity contribution in [2.45, 2.75) is 20.4 Å². The zero-order valence-electron chi connectivity index (χ0n) is 11.2. The Morgan fingerprint density at radius 1 is 1.11 bits per heavy atom. The summed E-state index contributed by atoms with van der Waals surface area (Å²) in [5, 5.41) is 0. The Morgan fingerprint density at radius 2 is 1.74 bits per heavy atom. The van der Waals surface area contributed by atoms with Crippen LogP contribution in [0.3, 0.4) is 0 Å². The molecule has 0 aliphatic carbocycles. The van der Waals surface area contributed by atoms with E-state index in [4.69, 9.17) is 0 Å². The van der Waals surface area contributed by atoms with Gasteiger partial charge in [-0.2, -0.15) is 0 Å². The van der Waals surface area contributed by atoms with Gasteiger partial charge in [-0.1, -0.05) is 17.7 Å². The summed E-state index contributed by atoms with van der Waals surface area (Å²) in [6.45, 7) is 4.97. The lowest BCUT2D eigenvalue weighted by atomic mass is 10.2. The van der Waals surface area contributed by atoms with Crippen molar-refractivity contribution in [2.75, 3.05) is 5.43 Å². The van der Waals surface area contributed by atoms with E-state index in [2.05, 4.69) is 17.8 Å². The van der Waals surface area contributed by atoms with Crippen LogP contribution < -0.4 is 15.4 Å². The highest BCUT2D eigenvalue weighted by Crippen LogP contribution is 2.07. The van der Waals surface area contributed by atoms with Crippen LogP contribution >= 0.6 is 0 Å². The Bertz CT molecular complexity index is 547. The summed E-state index contributed by atoms with van der Waals surface area (Å²) >= 11 is 0. The Hall–Kier alpha value is -2.36. The number of pyridine rings is 1. The molecule has 2 aromatic rings. The Balaban J connectivity index is 1.95. The third-order valence-electron chi connectivity index (χ3n) is 2.89. The van der Waals surface area contributed by atoms with Crippen molar-refractivity contribution in [3.63, 3.8) is 0 Å². The molecule has 0 spiro atoms. The van der Waals surface area contributed by atoms with Crippen LogP contribution in [-0.4, -0.2) is 5.91 Å². The lowest BCUT2D eigenvalue weighted by Crippen LogP contribution is -2.33. The van der Waals surface area contributed by atoms with Gasteiger partial charge in [0.2, 0.25) is 0 Å². The lowest BCUT2D eigenvalue weighted by Gasteiger charge is -2.08. The second-order valence-electron chi connectivity index (χ2n) is 4.36. The fourth-order valence-electron chi connectivity index (χ4n) is 1.66. The molecule has 1 aromatic carbocycles. The van der Waals surface area contributed by atoms with Gasteiger partial charge in [0, 0.05) is 12.1 Å². The molecular weight excluding hydrogens is 238 g/mol. The molecule has 0 atom stereocenters. The topological polar surface area (TPSA) is 45.0 Å². The number of aromatic nitrogens is 1. The number of hydrogen-bond acceptors (Lipinski definition) is 2. The molecular formula is C15H18N3O+. The summed E-state index contributed by atoms with van der Waals surface area (Å²) in [5.41, 5.74) is 8.24. The highest BCUT2D eigenvalue weighted by Gasteiger charge is 2.06. The van der Waals surface area contributed by atoms with E-state index in [1.165, 1.54) is 5.56 Å². The smallest absolute Gasteiger partial charge is 0.270 e. The van der Waals surface area contributed by atoms with Crippen LogP contribution in [-0.2, 0) is 6.54 Å². The zero-order chi connectivity index (χ0) is 13.7. The quantitative estimate of drug-likeness (QED) is 0.649. The number of carbonyl (C=O) groups excluding carboxylic acids is 1. The van der Waals surface area contributed by atoms with Crippen molar-refractivity contribution in [3.8, 4) is 0 Å². The van der Waals surface area contributed by atoms with Crippen LogP contribution in [0.4, 0.5) is 5.69 Å². The zero-order valence-corrected chi connectivity index (χ0v) is 11.2. The van der Waals surface area contributed by atoms with E-state index < -0.39 is 0 Å². The molecule has 19 heavy (non-hydrogen) atoms. The molecule has 98 valence electrons. The van der Waals surface area contributed by atoms with Crippen molar-refractivity contribution in [2.24, 2.45) is 0 Å². The molecule has 0 unspecified atom stereocenters. The summed E-state index contributed by atoms with van der Waals surface area (Å²) in [5.74, 6) is -0.149. The Morgan fingerprint density at radius 3 is 2.32 bits per heavy atom. The van der Waals surface area contributed by atoms with Crippen molar-refractivity contribution in [3.05, 3.63) is 59.9 Å². The first kappa shape index (κ1) is 13.1. The summed E-state index contributed by atoms with van der Waals surface area (Å²) in [4.78, 5) is 11.9. The van der Waals surface area contributed by atoms with E-state index in [0.29, 0.717) is 5.56 Å². The molecule has 0 saturated heterocycles. The molecule has 1 heterocycles. The summed E-state index contributed by atoms with van der Waals surface area (Å²) in [6.07, 6.45) is 3.78. The third-order valence-corrected chi connectivity index (χ3v) is 2.89. The van der Waals surface area contributed by atoms with Gasteiger partial charge in [-0.25, -0.2) is 4.57 Å². The van der Waals surface area contributed by atoms with Gasteiger partial charge in [0.25, 0.3) is 5.91 Å². The number of benzene rings is 1. The van der Waals surface area contributed by atoms with E-state index >= 15 is 0 Å². The van der Waals surface area contributed by atoms with Gasteiger partial charge in [0.15, 0.2) is 12.4 Å². The minimum atomic E-state index is -0.149. The molecule has 0 saturated carbocycles. The van der Waals surface area contributed by atoms with Crippen LogP contribution in [0.15, 0.2) is 48.8 Å². The van der Waals surface area contributed by atoms with Crippen molar-refractivity contribution in [1.82, 2.24) is 5.43 Å². The minimum Gasteiger partial charge on any atom is -0.298 e. The first-order chi connectivity index (χ1) is 9.19. The van der Waals surface area contributed by atoms with Crippen LogP contribution in [0.5, 0.6) is 0 Å². The largest absolute Gasteiger partial charge is 0.298 e. The first-order valence-corrected chi connectivity index (χ1v) is 6.31. The van der Waals surface area contributed by atoms with Gasteiger partial charge in [-0.3, -0.25) is 15.6 Å². The molecule has 1 amide bonds. The molecule has 2 rings (SSSR count). The normalized spacial score (nSPS) is 10.0. The molecule has 4 heteroatoms. The molecule has 0 radical (unpaired) electrons. The van der Waals surface area contributed by atoms with E-state index in [1.807, 2.05) is 48.1 Å². The molecule has 2 N–H and O–H groups in total. The number of amides is 1. The fraction of sp³-hybridized carbons (Fsp3) is 0.200. The Kier molecular flexibility index (Phi) is 4.13. The molecule has 4 nitrogen and oxygen atoms in total. The summed E-state index contributed by atoms with van der Waals surface area (Å²) in [7, 11) is 0. The number of nitrogens with one attached hydrogen (secondary N) is 2. The third kappa shape index (κ3) is 3.55. The molecule has 1 aromatic heterocycles. The number of hydrazine groups is 1. The summed E-state index contributed by atoms with van der Waals surface area (Å²) in [6, 6.07) is 11.4. The van der Waals surface area contributed by atoms with Gasteiger partial charge < -0.3 is 0 Å². The lowest BCUT2D eigenvalue weighted by molar-refractivity contribution is -0.693. The van der Waals surface area contributed by atoms with E-state index in [1.54, 1.807) is 12.1 Å². The van der Waals surface area contributed by atoms with Gasteiger partial charge in [0.1, 0.15) is 6.54 Å². The predicted molar refractivity (Wildman–Crippen MR) is 74.6 cm³/mol. The van der Waals surface area contributed by atoms with Gasteiger partial charge in [0.05, 0.1) is 11.3 Å². The average Bonchev–Trinajstić information content (AvgIpc) is 2.46. The van der Waals surface area contributed by atoms with Gasteiger partial charge in [-0.05, 0) is 26.0 Å². The predicted octanol–water partition coefficient (Wildman–Crippen LogP) is 2.06. The maximum absolute atomic E-state index is 11.9. The second-order valence-corrected chi connectivity index (χ2v) is 4.36. The standard InChI is InChI=1S/C15H17N3O/c1-3-18-10-8-13(9-11-18)15(19)17-16-14-6-4-12(2)5-7-14/h4-11,19H,3H2,1-2H3/p+1. The number of aryl methyl sites for hydroxylation is 2. The van der Waals surface area contributed by atoms with Crippen molar-refractivity contribution >= 4 is 11.6 Å². The van der Waals surface area contributed by atoms with Crippen molar-refractivity contribution < 1.29 is 9.36 Å². The number of nitrogens with zero attached hydrogens (tertiary/aromatic N) is 1. The van der Waals surface area contributed by atoms with Crippen LogP contribution in [0.25, 0.3) is 0 Å². The number of carbonyl (C=O) groups is 1. The maximum atomic E-state index is 11.9. The molecule has 0 aliphatic rings.